The normalized spacial score (nSPS) is 21.9. The molecule has 35 heavy (non-hydrogen) atoms. The number of halogens is 3. The minimum absolute atomic E-state index is 0.0172. The Morgan fingerprint density at radius 2 is 1.89 bits per heavy atom. The van der Waals surface area contributed by atoms with Crippen LogP contribution in [-0.2, 0) is 6.18 Å². The lowest BCUT2D eigenvalue weighted by molar-refractivity contribution is -0.137. The van der Waals surface area contributed by atoms with Crippen LogP contribution in [0.15, 0.2) is 30.5 Å². The summed E-state index contributed by atoms with van der Waals surface area (Å²) in [6, 6.07) is 6.50. The number of likely N-dealkylation sites (tertiary alicyclic amines) is 2. The Morgan fingerprint density at radius 1 is 1.14 bits per heavy atom. The van der Waals surface area contributed by atoms with E-state index in [4.69, 9.17) is 4.74 Å². The molecule has 0 unspecified atom stereocenters. The number of hydrogen-bond donors (Lipinski definition) is 1. The van der Waals surface area contributed by atoms with Crippen molar-refractivity contribution in [3.8, 4) is 5.75 Å². The van der Waals surface area contributed by atoms with Crippen LogP contribution < -0.4 is 4.74 Å². The zero-order chi connectivity index (χ0) is 25.5. The Labute approximate surface area is 203 Å². The molecule has 2 fully saturated rings. The number of aromatic nitrogens is 1. The van der Waals surface area contributed by atoms with Crippen molar-refractivity contribution in [3.05, 3.63) is 58.4 Å². The highest BCUT2D eigenvalue weighted by Crippen LogP contribution is 2.39. The molecule has 2 aliphatic heterocycles. The van der Waals surface area contributed by atoms with Crippen molar-refractivity contribution in [3.63, 3.8) is 0 Å². The minimum atomic E-state index is -4.48. The quantitative estimate of drug-likeness (QED) is 0.617. The average molecular weight is 492 g/mol. The summed E-state index contributed by atoms with van der Waals surface area (Å²) in [5.74, 6) is 0.507. The fraction of sp³-hybridized carbons (Fsp3) is 0.538. The van der Waals surface area contributed by atoms with Gasteiger partial charge in [-0.1, -0.05) is 6.07 Å². The van der Waals surface area contributed by atoms with Gasteiger partial charge in [-0.2, -0.15) is 13.2 Å². The van der Waals surface area contributed by atoms with Crippen LogP contribution >= 0.6 is 0 Å². The molecule has 1 aromatic heterocycles. The zero-order valence-electron chi connectivity index (χ0n) is 20.5. The van der Waals surface area contributed by atoms with Crippen molar-refractivity contribution in [2.24, 2.45) is 0 Å². The van der Waals surface area contributed by atoms with Crippen molar-refractivity contribution >= 4 is 5.91 Å². The van der Waals surface area contributed by atoms with E-state index in [0.29, 0.717) is 26.1 Å². The second-order valence-corrected chi connectivity index (χ2v) is 9.69. The highest BCUT2D eigenvalue weighted by molar-refractivity contribution is 5.93. The van der Waals surface area contributed by atoms with E-state index in [1.807, 2.05) is 13.0 Å². The number of piperazine rings is 1. The first-order chi connectivity index (χ1) is 16.5. The molecule has 2 saturated heterocycles. The predicted octanol–water partition coefficient (Wildman–Crippen LogP) is 4.53. The summed E-state index contributed by atoms with van der Waals surface area (Å²) in [5, 5.41) is 9.45. The van der Waals surface area contributed by atoms with E-state index in [1.54, 1.807) is 11.8 Å². The van der Waals surface area contributed by atoms with Gasteiger partial charge in [0.25, 0.3) is 5.91 Å². The standard InChI is InChI=1S/C26H32F3N3O3/c1-15(33)9-10-35-24-8-6-22(16(2)17(24)3)18(4)31-13-21-11-20(31)14-32(21)25(34)23-7-5-19(12-30-23)26(27,28)29/h5-8,12,15,18,20-21,33H,9-11,13-14H2,1-4H3/t15-,18-,20-,21-/m0/s1. The van der Waals surface area contributed by atoms with E-state index in [0.717, 1.165) is 41.6 Å². The van der Waals surface area contributed by atoms with Gasteiger partial charge in [0.1, 0.15) is 11.4 Å². The van der Waals surface area contributed by atoms with Crippen molar-refractivity contribution in [2.75, 3.05) is 19.7 Å². The fourth-order valence-corrected chi connectivity index (χ4v) is 5.20. The first-order valence-corrected chi connectivity index (χ1v) is 12.0. The van der Waals surface area contributed by atoms with Gasteiger partial charge >= 0.3 is 6.18 Å². The van der Waals surface area contributed by atoms with Crippen LogP contribution in [-0.4, -0.2) is 63.7 Å². The van der Waals surface area contributed by atoms with Crippen molar-refractivity contribution < 1.29 is 27.8 Å². The maximum atomic E-state index is 12.9. The second kappa shape index (κ2) is 9.78. The largest absolute Gasteiger partial charge is 0.493 e. The molecule has 0 spiro atoms. The molecule has 1 aromatic carbocycles. The summed E-state index contributed by atoms with van der Waals surface area (Å²) >= 11 is 0. The Bertz CT molecular complexity index is 1070. The number of carbonyl (C=O) groups is 1. The summed E-state index contributed by atoms with van der Waals surface area (Å²) in [4.78, 5) is 20.9. The van der Waals surface area contributed by atoms with Gasteiger partial charge in [0.2, 0.25) is 0 Å². The molecule has 1 amide bonds. The molecule has 2 bridgehead atoms. The number of benzene rings is 1. The Balaban J connectivity index is 1.41. The Morgan fingerprint density at radius 3 is 2.46 bits per heavy atom. The predicted molar refractivity (Wildman–Crippen MR) is 125 cm³/mol. The molecular formula is C26H32F3N3O3. The number of nitrogens with zero attached hydrogens (tertiary/aromatic N) is 3. The minimum Gasteiger partial charge on any atom is -0.493 e. The summed E-state index contributed by atoms with van der Waals surface area (Å²) in [5.41, 5.74) is 2.64. The lowest BCUT2D eigenvalue weighted by Gasteiger charge is -2.38. The molecule has 0 saturated carbocycles. The smallest absolute Gasteiger partial charge is 0.417 e. The molecule has 4 atom stereocenters. The van der Waals surface area contributed by atoms with E-state index in [9.17, 15) is 23.1 Å². The Kier molecular flexibility index (Phi) is 7.11. The van der Waals surface area contributed by atoms with Crippen LogP contribution in [0.4, 0.5) is 13.2 Å². The van der Waals surface area contributed by atoms with Crippen molar-refractivity contribution in [1.82, 2.24) is 14.8 Å². The third-order valence-electron chi connectivity index (χ3n) is 7.37. The van der Waals surface area contributed by atoms with Gasteiger partial charge in [0.05, 0.1) is 18.3 Å². The van der Waals surface area contributed by atoms with Crippen LogP contribution in [0.5, 0.6) is 5.75 Å². The van der Waals surface area contributed by atoms with Crippen LogP contribution in [0.3, 0.4) is 0 Å². The number of fused-ring (bicyclic) bond motifs is 2. The maximum Gasteiger partial charge on any atom is 0.417 e. The van der Waals surface area contributed by atoms with E-state index in [1.165, 1.54) is 5.56 Å². The van der Waals surface area contributed by atoms with Crippen LogP contribution in [0.25, 0.3) is 0 Å². The van der Waals surface area contributed by atoms with Crippen LogP contribution in [0, 0.1) is 13.8 Å². The number of hydrogen-bond acceptors (Lipinski definition) is 5. The van der Waals surface area contributed by atoms with Crippen LogP contribution in [0.2, 0.25) is 0 Å². The SMILES string of the molecule is Cc1c(OCC[C@H](C)O)ccc([C@H](C)N2C[C@@H]3C[C@H]2CN3C(=O)c2ccc(C(F)(F)F)cn2)c1C. The monoisotopic (exact) mass is 491 g/mol. The highest BCUT2D eigenvalue weighted by atomic mass is 19.4. The van der Waals surface area contributed by atoms with Gasteiger partial charge in [-0.15, -0.1) is 0 Å². The van der Waals surface area contributed by atoms with Gasteiger partial charge in [-0.3, -0.25) is 14.7 Å². The number of aliphatic hydroxyl groups is 1. The van der Waals surface area contributed by atoms with E-state index < -0.39 is 17.8 Å². The molecule has 0 aliphatic carbocycles. The lowest BCUT2D eigenvalue weighted by atomic mass is 9.96. The van der Waals surface area contributed by atoms with Crippen LogP contribution in [0.1, 0.15) is 65.5 Å². The molecule has 0 radical (unpaired) electrons. The number of aliphatic hydroxyl groups excluding tert-OH is 1. The van der Waals surface area contributed by atoms with E-state index in [-0.39, 0.29) is 29.7 Å². The first kappa shape index (κ1) is 25.4. The zero-order valence-corrected chi connectivity index (χ0v) is 20.5. The molecule has 9 heteroatoms. The Hall–Kier alpha value is -2.65. The van der Waals surface area contributed by atoms with Crippen molar-refractivity contribution in [1.29, 1.82) is 0 Å². The maximum absolute atomic E-state index is 12.9. The van der Waals surface area contributed by atoms with Gasteiger partial charge in [-0.05, 0) is 69.0 Å². The topological polar surface area (TPSA) is 65.9 Å². The fourth-order valence-electron chi connectivity index (χ4n) is 5.20. The van der Waals surface area contributed by atoms with E-state index >= 15 is 0 Å². The number of rotatable bonds is 7. The number of ether oxygens (including phenoxy) is 1. The molecule has 2 aromatic rings. The lowest BCUT2D eigenvalue weighted by Crippen LogP contribution is -2.49. The highest BCUT2D eigenvalue weighted by Gasteiger charge is 2.47. The van der Waals surface area contributed by atoms with E-state index in [2.05, 4.69) is 29.8 Å². The van der Waals surface area contributed by atoms with Gasteiger partial charge in [0.15, 0.2) is 0 Å². The summed E-state index contributed by atoms with van der Waals surface area (Å²) in [6.45, 7) is 9.74. The van der Waals surface area contributed by atoms with Gasteiger partial charge in [0, 0.05) is 43.8 Å². The molecular weight excluding hydrogens is 459 g/mol. The molecule has 1 N–H and O–H groups in total. The van der Waals surface area contributed by atoms with Crippen molar-refractivity contribution in [2.45, 2.75) is 70.9 Å². The average Bonchev–Trinajstić information content (AvgIpc) is 3.41. The summed E-state index contributed by atoms with van der Waals surface area (Å²) in [6.07, 6.45) is -2.74. The third-order valence-corrected chi connectivity index (χ3v) is 7.37. The summed E-state index contributed by atoms with van der Waals surface area (Å²) in [7, 11) is 0. The number of amides is 1. The molecule has 2 aliphatic rings. The number of alkyl halides is 3. The number of pyridine rings is 1. The molecule has 4 rings (SSSR count). The second-order valence-electron chi connectivity index (χ2n) is 9.69. The third kappa shape index (κ3) is 5.16. The van der Waals surface area contributed by atoms with Gasteiger partial charge in [-0.25, -0.2) is 0 Å². The molecule has 6 nitrogen and oxygen atoms in total. The first-order valence-electron chi connectivity index (χ1n) is 12.0. The molecule has 3 heterocycles. The summed E-state index contributed by atoms with van der Waals surface area (Å²) < 4.78 is 44.3. The number of carbonyl (C=O) groups excluding carboxylic acids is 1. The van der Waals surface area contributed by atoms with Gasteiger partial charge < -0.3 is 14.7 Å². The molecule has 190 valence electrons.